The van der Waals surface area contributed by atoms with Gasteiger partial charge in [-0.2, -0.15) is 0 Å². The number of nitrogens with two attached hydrogens (primary N) is 2. The number of hydrogen-bond donors (Lipinski definition) is 2. The van der Waals surface area contributed by atoms with Gasteiger partial charge in [-0.25, -0.2) is 9.97 Å². The van der Waals surface area contributed by atoms with Crippen molar-refractivity contribution in [2.24, 2.45) is 11.5 Å². The first-order valence-corrected chi connectivity index (χ1v) is 4.14. The maximum atomic E-state index is 10.6. The van der Waals surface area contributed by atoms with Crippen molar-refractivity contribution in [2.45, 2.75) is 6.54 Å². The summed E-state index contributed by atoms with van der Waals surface area (Å²) in [4.78, 5) is 20.2. The van der Waals surface area contributed by atoms with Gasteiger partial charge < -0.3 is 16.4 Å². The summed E-state index contributed by atoms with van der Waals surface area (Å²) in [7, 11) is 1.70. The lowest BCUT2D eigenvalue weighted by atomic mass is 10.3. The molecule has 0 bridgehead atoms. The van der Waals surface area contributed by atoms with Crippen LogP contribution in [0.1, 0.15) is 5.56 Å². The number of anilines is 1. The van der Waals surface area contributed by atoms with Crippen LogP contribution in [0.3, 0.4) is 0 Å². The molecule has 4 N–H and O–H groups in total. The highest BCUT2D eigenvalue weighted by Crippen LogP contribution is 2.03. The molecular formula is C8H13N5O. The van der Waals surface area contributed by atoms with Crippen molar-refractivity contribution >= 4 is 11.9 Å². The lowest BCUT2D eigenvalue weighted by Crippen LogP contribution is -2.31. The van der Waals surface area contributed by atoms with Gasteiger partial charge in [-0.15, -0.1) is 0 Å². The number of amides is 1. The molecule has 0 saturated carbocycles. The van der Waals surface area contributed by atoms with Gasteiger partial charge in [-0.05, 0) is 0 Å². The van der Waals surface area contributed by atoms with Crippen molar-refractivity contribution in [1.82, 2.24) is 9.97 Å². The summed E-state index contributed by atoms with van der Waals surface area (Å²) >= 11 is 0. The summed E-state index contributed by atoms with van der Waals surface area (Å²) in [6, 6.07) is 0. The molecule has 0 aromatic carbocycles. The smallest absolute Gasteiger partial charge is 0.237 e. The van der Waals surface area contributed by atoms with E-state index in [4.69, 9.17) is 11.5 Å². The molecule has 0 aliphatic heterocycles. The molecule has 6 heteroatoms. The van der Waals surface area contributed by atoms with Crippen LogP contribution in [0.25, 0.3) is 0 Å². The standard InChI is InChI=1S/C8H13N5O/c1-13(5-7(10)14)8-11-3-6(2-9)4-12-8/h3-4H,2,5,9H2,1H3,(H2,10,14). The van der Waals surface area contributed by atoms with Crippen LogP contribution in [-0.4, -0.2) is 29.5 Å². The molecular weight excluding hydrogens is 182 g/mol. The van der Waals surface area contributed by atoms with Crippen LogP contribution in [0.5, 0.6) is 0 Å². The molecule has 0 atom stereocenters. The number of carbonyl (C=O) groups is 1. The maximum absolute atomic E-state index is 10.6. The number of hydrogen-bond acceptors (Lipinski definition) is 5. The molecule has 0 spiro atoms. The van der Waals surface area contributed by atoms with Gasteiger partial charge in [0.25, 0.3) is 0 Å². The van der Waals surface area contributed by atoms with Crippen LogP contribution in [0.2, 0.25) is 0 Å². The number of likely N-dealkylation sites (N-methyl/N-ethyl adjacent to an activating group) is 1. The third-order valence-electron chi connectivity index (χ3n) is 1.66. The lowest BCUT2D eigenvalue weighted by Gasteiger charge is -2.14. The predicted molar refractivity (Wildman–Crippen MR) is 52.4 cm³/mol. The monoisotopic (exact) mass is 195 g/mol. The van der Waals surface area contributed by atoms with Gasteiger partial charge in [0.05, 0.1) is 6.54 Å². The van der Waals surface area contributed by atoms with Crippen LogP contribution in [0, 0.1) is 0 Å². The van der Waals surface area contributed by atoms with Gasteiger partial charge in [0.2, 0.25) is 11.9 Å². The van der Waals surface area contributed by atoms with Crippen LogP contribution >= 0.6 is 0 Å². The Morgan fingerprint density at radius 2 is 2.07 bits per heavy atom. The zero-order valence-corrected chi connectivity index (χ0v) is 7.97. The third-order valence-corrected chi connectivity index (χ3v) is 1.66. The van der Waals surface area contributed by atoms with Crippen molar-refractivity contribution in [1.29, 1.82) is 0 Å². The molecule has 1 rings (SSSR count). The Morgan fingerprint density at radius 3 is 2.50 bits per heavy atom. The number of carbonyl (C=O) groups excluding carboxylic acids is 1. The van der Waals surface area contributed by atoms with E-state index in [0.29, 0.717) is 12.5 Å². The molecule has 0 unspecified atom stereocenters. The first-order chi connectivity index (χ1) is 6.63. The quantitative estimate of drug-likeness (QED) is 0.632. The van der Waals surface area contributed by atoms with E-state index in [0.717, 1.165) is 5.56 Å². The van der Waals surface area contributed by atoms with Crippen molar-refractivity contribution < 1.29 is 4.79 Å². The van der Waals surface area contributed by atoms with E-state index in [2.05, 4.69) is 9.97 Å². The van der Waals surface area contributed by atoms with E-state index in [1.165, 1.54) is 0 Å². The molecule has 0 aliphatic carbocycles. The molecule has 0 saturated heterocycles. The van der Waals surface area contributed by atoms with Crippen LogP contribution in [0.15, 0.2) is 12.4 Å². The zero-order valence-electron chi connectivity index (χ0n) is 7.97. The van der Waals surface area contributed by atoms with E-state index in [1.807, 2.05) is 0 Å². The summed E-state index contributed by atoms with van der Waals surface area (Å²) in [6.45, 7) is 0.502. The Labute approximate surface area is 81.9 Å². The lowest BCUT2D eigenvalue weighted by molar-refractivity contribution is -0.116. The van der Waals surface area contributed by atoms with Crippen LogP contribution in [0.4, 0.5) is 5.95 Å². The Bertz CT molecular complexity index is 310. The Morgan fingerprint density at radius 1 is 1.50 bits per heavy atom. The third kappa shape index (κ3) is 2.67. The van der Waals surface area contributed by atoms with E-state index >= 15 is 0 Å². The summed E-state index contributed by atoms with van der Waals surface area (Å²) in [5.74, 6) is 0.0417. The second kappa shape index (κ2) is 4.52. The van der Waals surface area contributed by atoms with Crippen molar-refractivity contribution in [3.8, 4) is 0 Å². The minimum absolute atomic E-state index is 0.0992. The van der Waals surface area contributed by atoms with Gasteiger partial charge in [0, 0.05) is 31.5 Å². The Hall–Kier alpha value is -1.69. The van der Waals surface area contributed by atoms with Gasteiger partial charge in [0.15, 0.2) is 0 Å². The average Bonchev–Trinajstić information content (AvgIpc) is 2.17. The highest BCUT2D eigenvalue weighted by Gasteiger charge is 2.06. The molecule has 1 aromatic rings. The molecule has 1 aromatic heterocycles. The molecule has 0 radical (unpaired) electrons. The largest absolute Gasteiger partial charge is 0.368 e. The van der Waals surface area contributed by atoms with Crippen LogP contribution in [-0.2, 0) is 11.3 Å². The van der Waals surface area contributed by atoms with Crippen molar-refractivity contribution in [2.75, 3.05) is 18.5 Å². The highest BCUT2D eigenvalue weighted by molar-refractivity contribution is 5.78. The number of nitrogens with zero attached hydrogens (tertiary/aromatic N) is 3. The van der Waals surface area contributed by atoms with Crippen molar-refractivity contribution in [3.63, 3.8) is 0 Å². The minimum atomic E-state index is -0.418. The van der Waals surface area contributed by atoms with E-state index < -0.39 is 5.91 Å². The van der Waals surface area contributed by atoms with Gasteiger partial charge >= 0.3 is 0 Å². The molecule has 0 fully saturated rings. The SMILES string of the molecule is CN(CC(N)=O)c1ncc(CN)cn1. The molecule has 6 nitrogen and oxygen atoms in total. The highest BCUT2D eigenvalue weighted by atomic mass is 16.1. The number of primary amides is 1. The Balaban J connectivity index is 2.71. The maximum Gasteiger partial charge on any atom is 0.237 e. The fourth-order valence-electron chi connectivity index (χ4n) is 0.955. The molecule has 0 aliphatic rings. The minimum Gasteiger partial charge on any atom is -0.368 e. The average molecular weight is 195 g/mol. The topological polar surface area (TPSA) is 98.1 Å². The number of aromatic nitrogens is 2. The van der Waals surface area contributed by atoms with Gasteiger partial charge in [0.1, 0.15) is 0 Å². The molecule has 1 amide bonds. The van der Waals surface area contributed by atoms with E-state index in [1.54, 1.807) is 24.3 Å². The summed E-state index contributed by atoms with van der Waals surface area (Å²) in [5.41, 5.74) is 11.3. The molecule has 1 heterocycles. The van der Waals surface area contributed by atoms with Crippen LogP contribution < -0.4 is 16.4 Å². The normalized spacial score (nSPS) is 9.86. The summed E-state index contributed by atoms with van der Waals surface area (Å²) in [5, 5.41) is 0. The number of rotatable bonds is 4. The Kier molecular flexibility index (Phi) is 3.35. The summed E-state index contributed by atoms with van der Waals surface area (Å²) < 4.78 is 0. The zero-order chi connectivity index (χ0) is 10.6. The van der Waals surface area contributed by atoms with Gasteiger partial charge in [-0.1, -0.05) is 0 Å². The first-order valence-electron chi connectivity index (χ1n) is 4.14. The molecule has 14 heavy (non-hydrogen) atoms. The fourth-order valence-corrected chi connectivity index (χ4v) is 0.955. The van der Waals surface area contributed by atoms with E-state index in [-0.39, 0.29) is 6.54 Å². The first kappa shape index (κ1) is 10.4. The second-order valence-corrected chi connectivity index (χ2v) is 2.92. The van der Waals surface area contributed by atoms with Gasteiger partial charge in [-0.3, -0.25) is 4.79 Å². The second-order valence-electron chi connectivity index (χ2n) is 2.92. The molecule has 76 valence electrons. The van der Waals surface area contributed by atoms with E-state index in [9.17, 15) is 4.79 Å². The fraction of sp³-hybridized carbons (Fsp3) is 0.375. The summed E-state index contributed by atoms with van der Waals surface area (Å²) in [6.07, 6.45) is 3.25. The predicted octanol–water partition coefficient (Wildman–Crippen LogP) is -1.14. The van der Waals surface area contributed by atoms with Crippen molar-refractivity contribution in [3.05, 3.63) is 18.0 Å².